The SMILES string of the molecule is CCc1c(OCCCC(=O)O)cccc1C(N)=NO. The minimum Gasteiger partial charge on any atom is -0.493 e. The first-order chi connectivity index (χ1) is 9.10. The van der Waals surface area contributed by atoms with Gasteiger partial charge in [-0.15, -0.1) is 0 Å². The van der Waals surface area contributed by atoms with Crippen molar-refractivity contribution in [3.05, 3.63) is 29.3 Å². The Morgan fingerprint density at radius 2 is 2.21 bits per heavy atom. The van der Waals surface area contributed by atoms with Crippen molar-refractivity contribution in [2.24, 2.45) is 10.9 Å². The maximum Gasteiger partial charge on any atom is 0.303 e. The van der Waals surface area contributed by atoms with Crippen LogP contribution in [0.25, 0.3) is 0 Å². The third kappa shape index (κ3) is 4.17. The average Bonchev–Trinajstić information content (AvgIpc) is 2.42. The van der Waals surface area contributed by atoms with Crippen LogP contribution < -0.4 is 10.5 Å². The first-order valence-electron chi connectivity index (χ1n) is 6.04. The largest absolute Gasteiger partial charge is 0.493 e. The summed E-state index contributed by atoms with van der Waals surface area (Å²) in [5.41, 5.74) is 7.07. The molecule has 0 atom stereocenters. The molecule has 0 aromatic heterocycles. The molecule has 4 N–H and O–H groups in total. The Labute approximate surface area is 111 Å². The molecule has 6 heteroatoms. The summed E-state index contributed by atoms with van der Waals surface area (Å²) in [7, 11) is 0. The van der Waals surface area contributed by atoms with Crippen LogP contribution in [0.2, 0.25) is 0 Å². The molecule has 1 rings (SSSR count). The normalized spacial score (nSPS) is 11.3. The van der Waals surface area contributed by atoms with Crippen molar-refractivity contribution in [2.45, 2.75) is 26.2 Å². The van der Waals surface area contributed by atoms with Gasteiger partial charge < -0.3 is 20.8 Å². The van der Waals surface area contributed by atoms with Gasteiger partial charge in [-0.25, -0.2) is 0 Å². The number of nitrogens with zero attached hydrogens (tertiary/aromatic N) is 1. The Morgan fingerprint density at radius 1 is 1.47 bits per heavy atom. The van der Waals surface area contributed by atoms with Gasteiger partial charge in [0.15, 0.2) is 5.84 Å². The van der Waals surface area contributed by atoms with E-state index >= 15 is 0 Å². The number of nitrogens with two attached hydrogens (primary N) is 1. The fourth-order valence-electron chi connectivity index (χ4n) is 1.76. The molecule has 1 aromatic carbocycles. The fraction of sp³-hybridized carbons (Fsp3) is 0.385. The van der Waals surface area contributed by atoms with Crippen molar-refractivity contribution in [3.8, 4) is 5.75 Å². The number of oxime groups is 1. The molecule has 0 unspecified atom stereocenters. The fourth-order valence-corrected chi connectivity index (χ4v) is 1.76. The van der Waals surface area contributed by atoms with Crippen LogP contribution in [0.4, 0.5) is 0 Å². The second-order valence-electron chi connectivity index (χ2n) is 3.97. The van der Waals surface area contributed by atoms with Gasteiger partial charge in [-0.05, 0) is 18.9 Å². The number of ether oxygens (including phenoxy) is 1. The summed E-state index contributed by atoms with van der Waals surface area (Å²) < 4.78 is 5.56. The highest BCUT2D eigenvalue weighted by molar-refractivity contribution is 5.99. The van der Waals surface area contributed by atoms with Gasteiger partial charge in [-0.2, -0.15) is 0 Å². The van der Waals surface area contributed by atoms with E-state index in [0.717, 1.165) is 5.56 Å². The molecule has 0 aliphatic heterocycles. The molecular formula is C13H18N2O4. The van der Waals surface area contributed by atoms with E-state index in [9.17, 15) is 4.79 Å². The number of rotatable bonds is 7. The Morgan fingerprint density at radius 3 is 2.79 bits per heavy atom. The molecule has 0 spiro atoms. The Bertz CT molecular complexity index is 472. The predicted octanol–water partition coefficient (Wildman–Crippen LogP) is 1.59. The van der Waals surface area contributed by atoms with Gasteiger partial charge in [0.25, 0.3) is 0 Å². The second-order valence-corrected chi connectivity index (χ2v) is 3.97. The first kappa shape index (κ1) is 14.8. The van der Waals surface area contributed by atoms with Crippen molar-refractivity contribution in [1.29, 1.82) is 0 Å². The summed E-state index contributed by atoms with van der Waals surface area (Å²) in [5, 5.41) is 20.3. The molecular weight excluding hydrogens is 248 g/mol. The van der Waals surface area contributed by atoms with Gasteiger partial charge in [-0.1, -0.05) is 24.2 Å². The first-order valence-corrected chi connectivity index (χ1v) is 6.04. The topological polar surface area (TPSA) is 105 Å². The van der Waals surface area contributed by atoms with E-state index in [1.54, 1.807) is 18.2 Å². The maximum atomic E-state index is 10.4. The van der Waals surface area contributed by atoms with Crippen molar-refractivity contribution < 1.29 is 19.8 Å². The summed E-state index contributed by atoms with van der Waals surface area (Å²) in [4.78, 5) is 10.4. The summed E-state index contributed by atoms with van der Waals surface area (Å²) in [6, 6.07) is 5.28. The van der Waals surface area contributed by atoms with Crippen LogP contribution in [-0.2, 0) is 11.2 Å². The van der Waals surface area contributed by atoms with E-state index in [1.165, 1.54) is 0 Å². The number of aliphatic carboxylic acids is 1. The van der Waals surface area contributed by atoms with Crippen LogP contribution >= 0.6 is 0 Å². The lowest BCUT2D eigenvalue weighted by atomic mass is 10.0. The number of carbonyl (C=O) groups is 1. The standard InChI is InChI=1S/C13H18N2O4/c1-2-9-10(13(14)15-18)5-3-6-11(9)19-8-4-7-12(16)17/h3,5-6,18H,2,4,7-8H2,1H3,(H2,14,15)(H,16,17). The second kappa shape index (κ2) is 7.25. The molecule has 0 fully saturated rings. The average molecular weight is 266 g/mol. The highest BCUT2D eigenvalue weighted by atomic mass is 16.5. The van der Waals surface area contributed by atoms with Crippen LogP contribution in [0.3, 0.4) is 0 Å². The number of hydrogen-bond acceptors (Lipinski definition) is 4. The third-order valence-electron chi connectivity index (χ3n) is 2.66. The van der Waals surface area contributed by atoms with Gasteiger partial charge >= 0.3 is 5.97 Å². The molecule has 0 heterocycles. The molecule has 0 aliphatic carbocycles. The van der Waals surface area contributed by atoms with E-state index < -0.39 is 5.97 Å². The molecule has 0 amide bonds. The van der Waals surface area contributed by atoms with Crippen molar-refractivity contribution in [3.63, 3.8) is 0 Å². The molecule has 0 aliphatic rings. The van der Waals surface area contributed by atoms with Crippen molar-refractivity contribution in [2.75, 3.05) is 6.61 Å². The van der Waals surface area contributed by atoms with Gasteiger partial charge in [0.05, 0.1) is 6.61 Å². The molecule has 0 radical (unpaired) electrons. The van der Waals surface area contributed by atoms with Crippen LogP contribution in [-0.4, -0.2) is 28.7 Å². The third-order valence-corrected chi connectivity index (χ3v) is 2.66. The highest BCUT2D eigenvalue weighted by Crippen LogP contribution is 2.23. The van der Waals surface area contributed by atoms with Gasteiger partial charge in [0.1, 0.15) is 5.75 Å². The lowest BCUT2D eigenvalue weighted by Gasteiger charge is -2.13. The zero-order chi connectivity index (χ0) is 14.3. The highest BCUT2D eigenvalue weighted by Gasteiger charge is 2.11. The number of amidine groups is 1. The minimum absolute atomic E-state index is 0.0350. The number of benzene rings is 1. The zero-order valence-corrected chi connectivity index (χ0v) is 10.8. The Kier molecular flexibility index (Phi) is 5.66. The van der Waals surface area contributed by atoms with Crippen LogP contribution in [0.1, 0.15) is 30.9 Å². The minimum atomic E-state index is -0.843. The van der Waals surface area contributed by atoms with Crippen LogP contribution in [0, 0.1) is 0 Å². The van der Waals surface area contributed by atoms with E-state index in [-0.39, 0.29) is 12.3 Å². The zero-order valence-electron chi connectivity index (χ0n) is 10.8. The number of hydrogen-bond donors (Lipinski definition) is 3. The lowest BCUT2D eigenvalue weighted by Crippen LogP contribution is -2.16. The monoisotopic (exact) mass is 266 g/mol. The van der Waals surface area contributed by atoms with Crippen molar-refractivity contribution in [1.82, 2.24) is 0 Å². The molecule has 19 heavy (non-hydrogen) atoms. The molecule has 0 saturated heterocycles. The van der Waals surface area contributed by atoms with E-state index in [1.807, 2.05) is 6.92 Å². The van der Waals surface area contributed by atoms with E-state index in [2.05, 4.69) is 5.16 Å². The summed E-state index contributed by atoms with van der Waals surface area (Å²) >= 11 is 0. The molecule has 0 saturated carbocycles. The van der Waals surface area contributed by atoms with Gasteiger partial charge in [-0.3, -0.25) is 4.79 Å². The van der Waals surface area contributed by atoms with Crippen LogP contribution in [0.15, 0.2) is 23.4 Å². The molecule has 6 nitrogen and oxygen atoms in total. The maximum absolute atomic E-state index is 10.4. The predicted molar refractivity (Wildman–Crippen MR) is 70.7 cm³/mol. The van der Waals surface area contributed by atoms with Crippen molar-refractivity contribution >= 4 is 11.8 Å². The number of carboxylic acids is 1. The molecule has 104 valence electrons. The van der Waals surface area contributed by atoms with Crippen LogP contribution in [0.5, 0.6) is 5.75 Å². The Balaban J connectivity index is 2.80. The number of carboxylic acid groups (broad SMARTS) is 1. The summed E-state index contributed by atoms with van der Waals surface area (Å²) in [6.07, 6.45) is 1.17. The summed E-state index contributed by atoms with van der Waals surface area (Å²) in [6.45, 7) is 2.26. The summed E-state index contributed by atoms with van der Waals surface area (Å²) in [5.74, 6) is -0.172. The lowest BCUT2D eigenvalue weighted by molar-refractivity contribution is -0.137. The quantitative estimate of drug-likeness (QED) is 0.228. The van der Waals surface area contributed by atoms with E-state index in [4.69, 9.17) is 20.8 Å². The van der Waals surface area contributed by atoms with Gasteiger partial charge in [0, 0.05) is 17.5 Å². The smallest absolute Gasteiger partial charge is 0.303 e. The Hall–Kier alpha value is -2.24. The molecule has 0 bridgehead atoms. The molecule has 1 aromatic rings. The van der Waals surface area contributed by atoms with Gasteiger partial charge in [0.2, 0.25) is 0 Å². The van der Waals surface area contributed by atoms with E-state index in [0.29, 0.717) is 30.8 Å².